The molecule has 2 nitrogen and oxygen atoms in total. The molecule has 0 aromatic rings. The topological polar surface area (TPSA) is 34.1 Å². The minimum absolute atomic E-state index is 1.32. The van der Waals surface area contributed by atoms with Crippen molar-refractivity contribution < 1.29 is 9.59 Å². The van der Waals surface area contributed by atoms with Gasteiger partial charge in [0.2, 0.25) is 0 Å². The molecule has 0 aliphatic carbocycles. The van der Waals surface area contributed by atoms with E-state index in [0.717, 1.165) is 0 Å². The van der Waals surface area contributed by atoms with Crippen LogP contribution in [0.25, 0.3) is 0 Å². The van der Waals surface area contributed by atoms with Crippen molar-refractivity contribution in [2.75, 3.05) is 0 Å². The fourth-order valence-electron chi connectivity index (χ4n) is 0. The fourth-order valence-corrected chi connectivity index (χ4v) is 0. The lowest BCUT2D eigenvalue weighted by atomic mass is 11.0. The molecule has 0 rings (SSSR count). The van der Waals surface area contributed by atoms with Crippen LogP contribution in [0.15, 0.2) is 12.3 Å². The van der Waals surface area contributed by atoms with E-state index in [1.54, 1.807) is 0 Å². The summed E-state index contributed by atoms with van der Waals surface area (Å²) in [6.07, 6.45) is 0. The Hall–Kier alpha value is -1.10. The molecule has 0 aliphatic rings. The third kappa shape index (κ3) is 1050. The maximum absolute atomic E-state index is 8.88. The lowest BCUT2D eigenvalue weighted by Gasteiger charge is -1.14. The van der Waals surface area contributed by atoms with E-state index in [1.807, 2.05) is 12.5 Å². The highest BCUT2D eigenvalue weighted by Gasteiger charge is 1.17. The highest BCUT2D eigenvalue weighted by Crippen LogP contribution is 1.15. The molecule has 32 valence electrons. The van der Waals surface area contributed by atoms with Gasteiger partial charge in [-0.05, 0) is 12.3 Å². The van der Waals surface area contributed by atoms with Crippen LogP contribution in [0.1, 0.15) is 0 Å². The van der Waals surface area contributed by atoms with Gasteiger partial charge in [-0.25, -0.2) is 4.79 Å². The van der Waals surface area contributed by atoms with E-state index in [-0.39, 0.29) is 0 Å². The third-order valence-corrected chi connectivity index (χ3v) is 0.0722. The zero-order valence-electron chi connectivity index (χ0n) is 3.23. The average molecular weight is 84.1 g/mol. The first-order chi connectivity index (χ1) is 2.91. The SMILES string of the molecule is C=C=C=O.C=O. The Morgan fingerprint density at radius 3 is 1.50 bits per heavy atom. The lowest BCUT2D eigenvalue weighted by molar-refractivity contribution is -0.0979. The Morgan fingerprint density at radius 1 is 1.33 bits per heavy atom. The van der Waals surface area contributed by atoms with Gasteiger partial charge in [0.25, 0.3) is 0 Å². The summed E-state index contributed by atoms with van der Waals surface area (Å²) >= 11 is 0. The molecule has 2 heteroatoms. The number of rotatable bonds is 0. The molecule has 0 radical (unpaired) electrons. The molecule has 0 aliphatic heterocycles. The smallest absolute Gasteiger partial charge is 0.176 e. The largest absolute Gasteiger partial charge is 0.307 e. The van der Waals surface area contributed by atoms with Gasteiger partial charge in [-0.3, -0.25) is 0 Å². The van der Waals surface area contributed by atoms with Crippen LogP contribution in [0.4, 0.5) is 0 Å². The van der Waals surface area contributed by atoms with Gasteiger partial charge in [-0.2, -0.15) is 0 Å². The lowest BCUT2D eigenvalue weighted by Crippen LogP contribution is -1.22. The van der Waals surface area contributed by atoms with Crippen LogP contribution in [0.2, 0.25) is 0 Å². The van der Waals surface area contributed by atoms with Crippen molar-refractivity contribution in [2.45, 2.75) is 0 Å². The summed E-state index contributed by atoms with van der Waals surface area (Å²) in [5.74, 6) is 1.32. The predicted octanol–water partition coefficient (Wildman–Crippen LogP) is -0.0258. The molecule has 6 heavy (non-hydrogen) atoms. The molecular weight excluding hydrogens is 80.0 g/mol. The normalized spacial score (nSPS) is 2.67. The van der Waals surface area contributed by atoms with Crippen molar-refractivity contribution in [3.05, 3.63) is 12.3 Å². The third-order valence-electron chi connectivity index (χ3n) is 0.0722. The minimum atomic E-state index is 1.32. The summed E-state index contributed by atoms with van der Waals surface area (Å²) in [4.78, 5) is 16.9. The molecule has 0 atom stereocenters. The van der Waals surface area contributed by atoms with Crippen molar-refractivity contribution in [3.8, 4) is 0 Å². The van der Waals surface area contributed by atoms with Crippen LogP contribution < -0.4 is 0 Å². The molecule has 0 N–H and O–H groups in total. The number of carbonyl (C=O) groups excluding carboxylic acids is 2. The van der Waals surface area contributed by atoms with Crippen LogP contribution in [-0.2, 0) is 9.59 Å². The summed E-state index contributed by atoms with van der Waals surface area (Å²) in [6.45, 7) is 4.93. The maximum atomic E-state index is 8.88. The van der Waals surface area contributed by atoms with Crippen LogP contribution >= 0.6 is 0 Å². The Morgan fingerprint density at radius 2 is 1.50 bits per heavy atom. The van der Waals surface area contributed by atoms with Gasteiger partial charge in [0.15, 0.2) is 5.94 Å². The van der Waals surface area contributed by atoms with E-state index in [1.165, 1.54) is 5.94 Å². The zero-order valence-corrected chi connectivity index (χ0v) is 3.23. The van der Waals surface area contributed by atoms with Crippen LogP contribution in [0.5, 0.6) is 0 Å². The van der Waals surface area contributed by atoms with E-state index >= 15 is 0 Å². The van der Waals surface area contributed by atoms with E-state index in [2.05, 4.69) is 6.58 Å². The van der Waals surface area contributed by atoms with Crippen molar-refractivity contribution in [2.24, 2.45) is 0 Å². The summed E-state index contributed by atoms with van der Waals surface area (Å²) in [5.41, 5.74) is 1.88. The number of carbonyl (C=O) groups is 1. The molecule has 0 spiro atoms. The second-order valence-corrected chi connectivity index (χ2v) is 0.279. The molecule has 0 aromatic heterocycles. The second kappa shape index (κ2) is 40.5. The van der Waals surface area contributed by atoms with E-state index < -0.39 is 0 Å². The summed E-state index contributed by atoms with van der Waals surface area (Å²) < 4.78 is 0. The fraction of sp³-hybridized carbons (Fsp3) is 0. The first kappa shape index (κ1) is 8.86. The highest BCUT2D eigenvalue weighted by molar-refractivity contribution is 5.42. The van der Waals surface area contributed by atoms with Gasteiger partial charge in [-0.1, -0.05) is 0 Å². The quantitative estimate of drug-likeness (QED) is 0.305. The second-order valence-electron chi connectivity index (χ2n) is 0.279. The van der Waals surface area contributed by atoms with Crippen molar-refractivity contribution in [3.63, 3.8) is 0 Å². The Bertz CT molecular complexity index is 65.5. The average Bonchev–Trinajstić information content (AvgIpc) is 1.72. The van der Waals surface area contributed by atoms with Gasteiger partial charge in [-0.15, -0.1) is 0 Å². The Labute approximate surface area is 35.8 Å². The molecule has 0 saturated heterocycles. The van der Waals surface area contributed by atoms with Gasteiger partial charge < -0.3 is 4.79 Å². The van der Waals surface area contributed by atoms with Crippen LogP contribution in [0, 0.1) is 0 Å². The van der Waals surface area contributed by atoms with Gasteiger partial charge in [0.1, 0.15) is 6.79 Å². The summed E-state index contributed by atoms with van der Waals surface area (Å²) in [5, 5.41) is 0. The first-order valence-electron chi connectivity index (χ1n) is 1.10. The number of hydrogen-bond acceptors (Lipinski definition) is 2. The molecule has 0 bridgehead atoms. The highest BCUT2D eigenvalue weighted by atomic mass is 16.1. The molecule has 0 fully saturated rings. The molecule has 0 amide bonds. The molecule has 0 heterocycles. The van der Waals surface area contributed by atoms with Crippen LogP contribution in [-0.4, -0.2) is 12.7 Å². The van der Waals surface area contributed by atoms with Gasteiger partial charge >= 0.3 is 0 Å². The monoisotopic (exact) mass is 84.0 g/mol. The molecule has 0 aromatic carbocycles. The van der Waals surface area contributed by atoms with Crippen molar-refractivity contribution in [1.82, 2.24) is 0 Å². The maximum Gasteiger partial charge on any atom is 0.176 e. The van der Waals surface area contributed by atoms with Crippen LogP contribution in [0.3, 0.4) is 0 Å². The zero-order chi connectivity index (χ0) is 5.41. The first-order valence-corrected chi connectivity index (χ1v) is 1.10. The van der Waals surface area contributed by atoms with Crippen molar-refractivity contribution >= 4 is 12.7 Å². The molecular formula is C4H4O2. The predicted molar refractivity (Wildman–Crippen MR) is 22.0 cm³/mol. The van der Waals surface area contributed by atoms with E-state index in [0.29, 0.717) is 0 Å². The van der Waals surface area contributed by atoms with E-state index in [4.69, 9.17) is 9.59 Å². The Kier molecular flexibility index (Phi) is 59.8. The number of hydrogen-bond donors (Lipinski definition) is 0. The standard InChI is InChI=1S/C3H2O.CH2O/c1-2-3-4;1-2/h1H2;1H2. The summed E-state index contributed by atoms with van der Waals surface area (Å²) in [7, 11) is 0. The summed E-state index contributed by atoms with van der Waals surface area (Å²) in [6, 6.07) is 0. The minimum Gasteiger partial charge on any atom is -0.307 e. The molecule has 0 unspecified atom stereocenters. The van der Waals surface area contributed by atoms with Gasteiger partial charge in [0.05, 0.1) is 0 Å². The Balaban J connectivity index is 0. The molecule has 0 saturated carbocycles. The van der Waals surface area contributed by atoms with Crippen molar-refractivity contribution in [1.29, 1.82) is 0 Å². The van der Waals surface area contributed by atoms with Gasteiger partial charge in [0, 0.05) is 0 Å². The van der Waals surface area contributed by atoms with E-state index in [9.17, 15) is 0 Å².